The van der Waals surface area contributed by atoms with Gasteiger partial charge < -0.3 is 0 Å². The molecular formula is C51H36N2. The van der Waals surface area contributed by atoms with Gasteiger partial charge in [0.2, 0.25) is 0 Å². The summed E-state index contributed by atoms with van der Waals surface area (Å²) in [6.45, 7) is 4.69. The molecule has 2 nitrogen and oxygen atoms in total. The molecule has 0 saturated carbocycles. The van der Waals surface area contributed by atoms with Crippen molar-refractivity contribution >= 4 is 21.5 Å². The molecule has 53 heavy (non-hydrogen) atoms. The van der Waals surface area contributed by atoms with Gasteiger partial charge in [-0.25, -0.2) is 9.97 Å². The summed E-state index contributed by atoms with van der Waals surface area (Å²) in [6.07, 6.45) is 0. The van der Waals surface area contributed by atoms with E-state index in [-0.39, 0.29) is 5.41 Å². The van der Waals surface area contributed by atoms with Crippen LogP contribution in [0.3, 0.4) is 0 Å². The van der Waals surface area contributed by atoms with Crippen molar-refractivity contribution in [3.63, 3.8) is 0 Å². The first-order valence-corrected chi connectivity index (χ1v) is 18.3. The molecule has 1 aliphatic carbocycles. The zero-order valence-electron chi connectivity index (χ0n) is 29.7. The number of fused-ring (bicyclic) bond motifs is 5. The quantitative estimate of drug-likeness (QED) is 0.181. The highest BCUT2D eigenvalue weighted by Crippen LogP contribution is 2.53. The molecule has 2 heteroatoms. The van der Waals surface area contributed by atoms with Crippen molar-refractivity contribution in [3.8, 4) is 67.3 Å². The second kappa shape index (κ2) is 12.3. The Hall–Kier alpha value is -6.64. The molecule has 0 N–H and O–H groups in total. The van der Waals surface area contributed by atoms with Gasteiger partial charge in [0.1, 0.15) is 0 Å². The topological polar surface area (TPSA) is 25.8 Å². The molecule has 0 atom stereocenters. The summed E-state index contributed by atoms with van der Waals surface area (Å²) in [5, 5.41) is 4.74. The summed E-state index contributed by atoms with van der Waals surface area (Å²) >= 11 is 0. The number of nitrogens with zero attached hydrogens (tertiary/aromatic N) is 2. The minimum absolute atomic E-state index is 0.0631. The fraction of sp³-hybridized carbons (Fsp3) is 0.0588. The summed E-state index contributed by atoms with van der Waals surface area (Å²) in [6, 6.07) is 65.3. The summed E-state index contributed by atoms with van der Waals surface area (Å²) < 4.78 is 0. The average molecular weight is 677 g/mol. The van der Waals surface area contributed by atoms with E-state index in [1.807, 2.05) is 6.07 Å². The van der Waals surface area contributed by atoms with Crippen LogP contribution >= 0.6 is 0 Å². The third-order valence-corrected chi connectivity index (χ3v) is 11.1. The van der Waals surface area contributed by atoms with Gasteiger partial charge in [-0.05, 0) is 72.1 Å². The van der Waals surface area contributed by atoms with E-state index < -0.39 is 0 Å². The van der Waals surface area contributed by atoms with E-state index in [2.05, 4.69) is 190 Å². The molecular weight excluding hydrogens is 641 g/mol. The van der Waals surface area contributed by atoms with Gasteiger partial charge >= 0.3 is 0 Å². The van der Waals surface area contributed by atoms with Crippen molar-refractivity contribution in [1.29, 1.82) is 0 Å². The molecule has 10 rings (SSSR count). The highest BCUT2D eigenvalue weighted by Gasteiger charge is 2.36. The third kappa shape index (κ3) is 5.02. The van der Waals surface area contributed by atoms with Crippen LogP contribution in [0.25, 0.3) is 88.8 Å². The van der Waals surface area contributed by atoms with Crippen molar-refractivity contribution in [2.75, 3.05) is 0 Å². The smallest absolute Gasteiger partial charge is 0.160 e. The van der Waals surface area contributed by atoms with Crippen molar-refractivity contribution in [3.05, 3.63) is 193 Å². The normalized spacial score (nSPS) is 12.9. The molecule has 0 saturated heterocycles. The summed E-state index contributed by atoms with van der Waals surface area (Å²) in [5.41, 5.74) is 15.2. The van der Waals surface area contributed by atoms with Crippen LogP contribution in [0.15, 0.2) is 182 Å². The summed E-state index contributed by atoms with van der Waals surface area (Å²) in [4.78, 5) is 10.6. The molecule has 1 heterocycles. The van der Waals surface area contributed by atoms with E-state index in [1.165, 1.54) is 66.1 Å². The number of rotatable bonds is 5. The molecule has 0 bridgehead atoms. The fourth-order valence-corrected chi connectivity index (χ4v) is 8.58. The number of benzene rings is 8. The Balaban J connectivity index is 1.19. The Morgan fingerprint density at radius 1 is 0.340 bits per heavy atom. The van der Waals surface area contributed by atoms with Crippen molar-refractivity contribution in [2.24, 2.45) is 0 Å². The molecule has 0 aliphatic heterocycles. The van der Waals surface area contributed by atoms with Gasteiger partial charge in [-0.3, -0.25) is 0 Å². The monoisotopic (exact) mass is 676 g/mol. The zero-order valence-corrected chi connectivity index (χ0v) is 29.7. The molecule has 8 aromatic carbocycles. The van der Waals surface area contributed by atoms with E-state index in [0.717, 1.165) is 28.1 Å². The fourth-order valence-electron chi connectivity index (χ4n) is 8.58. The van der Waals surface area contributed by atoms with Gasteiger partial charge in [-0.1, -0.05) is 190 Å². The highest BCUT2D eigenvalue weighted by atomic mass is 14.9. The summed E-state index contributed by atoms with van der Waals surface area (Å²) in [7, 11) is 0. The number of hydrogen-bond acceptors (Lipinski definition) is 2. The Kier molecular flexibility index (Phi) is 7.19. The van der Waals surface area contributed by atoms with Gasteiger partial charge in [0.05, 0.1) is 11.4 Å². The van der Waals surface area contributed by atoms with Crippen LogP contribution in [0.1, 0.15) is 25.0 Å². The first-order valence-electron chi connectivity index (χ1n) is 18.3. The molecule has 9 aromatic rings. The van der Waals surface area contributed by atoms with Crippen molar-refractivity contribution in [1.82, 2.24) is 9.97 Å². The first kappa shape index (κ1) is 31.1. The van der Waals surface area contributed by atoms with Gasteiger partial charge in [0.15, 0.2) is 5.82 Å². The van der Waals surface area contributed by atoms with Crippen LogP contribution in [0.2, 0.25) is 0 Å². The SMILES string of the molecule is CC1(C)c2ccccc2-c2c(-c3ccc(-c4cc(-c5cccc6c(-c7ccccc7)cccc56)nc(-c5ccccc5)n4)c4ccccc34)cccc21. The van der Waals surface area contributed by atoms with Gasteiger partial charge in [0.25, 0.3) is 0 Å². The van der Waals surface area contributed by atoms with Gasteiger partial charge in [-0.2, -0.15) is 0 Å². The van der Waals surface area contributed by atoms with Crippen molar-refractivity contribution < 1.29 is 0 Å². The van der Waals surface area contributed by atoms with Crippen LogP contribution in [0, 0.1) is 0 Å². The molecule has 250 valence electrons. The van der Waals surface area contributed by atoms with Crippen LogP contribution in [-0.2, 0) is 5.41 Å². The highest BCUT2D eigenvalue weighted by molar-refractivity contribution is 6.09. The number of hydrogen-bond donors (Lipinski definition) is 0. The van der Waals surface area contributed by atoms with Crippen LogP contribution < -0.4 is 0 Å². The maximum Gasteiger partial charge on any atom is 0.160 e. The maximum atomic E-state index is 5.29. The molecule has 0 fully saturated rings. The maximum absolute atomic E-state index is 5.29. The second-order valence-electron chi connectivity index (χ2n) is 14.5. The Labute approximate surface area is 310 Å². The lowest BCUT2D eigenvalue weighted by Crippen LogP contribution is -2.14. The lowest BCUT2D eigenvalue weighted by Gasteiger charge is -2.22. The minimum atomic E-state index is -0.0631. The Morgan fingerprint density at radius 2 is 0.792 bits per heavy atom. The lowest BCUT2D eigenvalue weighted by atomic mass is 9.81. The van der Waals surface area contributed by atoms with E-state index in [9.17, 15) is 0 Å². The van der Waals surface area contributed by atoms with Gasteiger partial charge in [0, 0.05) is 22.1 Å². The standard InChI is InChI=1S/C51H36N2/c1-51(2)45-28-12-11-22-44(45)49-43(27-15-29-46(49)51)40-30-31-42(38-21-10-9-20-37(38)40)48-32-47(52-50(53-48)34-18-7-4-8-19-34)41-26-14-24-36-35(23-13-25-39(36)41)33-16-5-3-6-17-33/h3-32H,1-2H3. The Bertz CT molecular complexity index is 2850. The average Bonchev–Trinajstić information content (AvgIpc) is 3.46. The van der Waals surface area contributed by atoms with Crippen molar-refractivity contribution in [2.45, 2.75) is 19.3 Å². The zero-order chi connectivity index (χ0) is 35.5. The van der Waals surface area contributed by atoms with Crippen LogP contribution in [0.5, 0.6) is 0 Å². The lowest BCUT2D eigenvalue weighted by molar-refractivity contribution is 0.660. The molecule has 0 spiro atoms. The second-order valence-corrected chi connectivity index (χ2v) is 14.5. The van der Waals surface area contributed by atoms with E-state index in [0.29, 0.717) is 5.82 Å². The van der Waals surface area contributed by atoms with Gasteiger partial charge in [-0.15, -0.1) is 0 Å². The predicted molar refractivity (Wildman–Crippen MR) is 222 cm³/mol. The molecule has 0 amide bonds. The molecule has 0 unspecified atom stereocenters. The molecule has 0 radical (unpaired) electrons. The van der Waals surface area contributed by atoms with E-state index in [4.69, 9.17) is 9.97 Å². The predicted octanol–water partition coefficient (Wildman–Crippen LogP) is 13.4. The molecule has 1 aliphatic rings. The first-order chi connectivity index (χ1) is 26.1. The van der Waals surface area contributed by atoms with Crippen LogP contribution in [-0.4, -0.2) is 9.97 Å². The number of aromatic nitrogens is 2. The van der Waals surface area contributed by atoms with E-state index >= 15 is 0 Å². The van der Waals surface area contributed by atoms with E-state index in [1.54, 1.807) is 0 Å². The van der Waals surface area contributed by atoms with Crippen LogP contribution in [0.4, 0.5) is 0 Å². The molecule has 1 aromatic heterocycles. The third-order valence-electron chi connectivity index (χ3n) is 11.1. The minimum Gasteiger partial charge on any atom is -0.228 e. The summed E-state index contributed by atoms with van der Waals surface area (Å²) in [5.74, 6) is 0.710. The largest absolute Gasteiger partial charge is 0.228 e. The Morgan fingerprint density at radius 3 is 1.51 bits per heavy atom.